The number of carbonyl (C=O) groups excluding carboxylic acids is 2. The van der Waals surface area contributed by atoms with Crippen LogP contribution in [0, 0.1) is 0 Å². The number of esters is 1. The number of ether oxygens (including phenoxy) is 1. The monoisotopic (exact) mass is 314 g/mol. The van der Waals surface area contributed by atoms with E-state index in [2.05, 4.69) is 10.1 Å². The van der Waals surface area contributed by atoms with E-state index in [1.807, 2.05) is 13.8 Å². The van der Waals surface area contributed by atoms with E-state index in [9.17, 15) is 19.5 Å². The molecular weight excluding hydrogens is 296 g/mol. The van der Waals surface area contributed by atoms with Crippen LogP contribution < -0.4 is 5.32 Å². The predicted octanol–water partition coefficient (Wildman–Crippen LogP) is 0.168. The highest BCUT2D eigenvalue weighted by molar-refractivity contribution is 8.01. The molecule has 0 aromatic heterocycles. The summed E-state index contributed by atoms with van der Waals surface area (Å²) in [5.74, 6) is -1.77. The first kappa shape index (κ1) is 15.7. The number of nitrogens with one attached hydrogen (secondary N) is 1. The zero-order valence-corrected chi connectivity index (χ0v) is 13.1. The lowest BCUT2D eigenvalue weighted by Crippen LogP contribution is -2.69. The maximum absolute atomic E-state index is 12.2. The standard InChI is InChI=1S/C13H18N2O5S/c1-6(5-7(16)20-4)14-8-10(17)15-9(12(18)19)13(2,3)21-11(8)15/h5,8-9,11,14H,1-4H3,(H,18,19)/b6-5+/t8?,9-,11+/m0/s1. The Bertz CT molecular complexity index is 531. The molecule has 0 aliphatic carbocycles. The van der Waals surface area contributed by atoms with Gasteiger partial charge in [0, 0.05) is 16.5 Å². The number of allylic oxidation sites excluding steroid dienone is 1. The third kappa shape index (κ3) is 2.59. The van der Waals surface area contributed by atoms with E-state index in [1.165, 1.54) is 29.8 Å². The Kier molecular flexibility index (Phi) is 3.92. The summed E-state index contributed by atoms with van der Waals surface area (Å²) in [6.45, 7) is 5.29. The molecule has 0 bridgehead atoms. The maximum Gasteiger partial charge on any atom is 0.332 e. The van der Waals surface area contributed by atoms with Crippen LogP contribution in [0.4, 0.5) is 0 Å². The summed E-state index contributed by atoms with van der Waals surface area (Å²) in [6, 6.07) is -1.34. The minimum Gasteiger partial charge on any atom is -0.480 e. The second-order valence-electron chi connectivity index (χ2n) is 5.57. The van der Waals surface area contributed by atoms with E-state index in [-0.39, 0.29) is 11.3 Å². The van der Waals surface area contributed by atoms with Crippen molar-refractivity contribution in [2.24, 2.45) is 0 Å². The first-order valence-electron chi connectivity index (χ1n) is 6.44. The summed E-state index contributed by atoms with van der Waals surface area (Å²) >= 11 is 1.45. The highest BCUT2D eigenvalue weighted by atomic mass is 32.2. The van der Waals surface area contributed by atoms with E-state index in [0.717, 1.165) is 0 Å². The van der Waals surface area contributed by atoms with E-state index in [4.69, 9.17) is 0 Å². The van der Waals surface area contributed by atoms with E-state index in [1.54, 1.807) is 6.92 Å². The lowest BCUT2D eigenvalue weighted by molar-refractivity contribution is -0.160. The number of aliphatic carboxylic acids is 1. The van der Waals surface area contributed by atoms with Gasteiger partial charge in [0.05, 0.1) is 7.11 Å². The third-order valence-corrected chi connectivity index (χ3v) is 5.17. The van der Waals surface area contributed by atoms with Crippen molar-refractivity contribution < 1.29 is 24.2 Å². The molecule has 2 saturated heterocycles. The Morgan fingerprint density at radius 1 is 1.48 bits per heavy atom. The van der Waals surface area contributed by atoms with Crippen molar-refractivity contribution in [3.05, 3.63) is 11.8 Å². The summed E-state index contributed by atoms with van der Waals surface area (Å²) < 4.78 is 3.96. The number of nitrogens with zero attached hydrogens (tertiary/aromatic N) is 1. The average molecular weight is 314 g/mol. The summed E-state index contributed by atoms with van der Waals surface area (Å²) in [6.07, 6.45) is 1.26. The summed E-state index contributed by atoms with van der Waals surface area (Å²) in [4.78, 5) is 36.1. The molecule has 3 atom stereocenters. The van der Waals surface area contributed by atoms with Crippen molar-refractivity contribution in [2.75, 3.05) is 7.11 Å². The van der Waals surface area contributed by atoms with Crippen molar-refractivity contribution in [2.45, 2.75) is 43.0 Å². The molecule has 1 amide bonds. The van der Waals surface area contributed by atoms with Gasteiger partial charge in [-0.2, -0.15) is 0 Å². The normalized spacial score (nSPS) is 30.5. The highest BCUT2D eigenvalue weighted by Crippen LogP contribution is 2.50. The largest absolute Gasteiger partial charge is 0.480 e. The van der Waals surface area contributed by atoms with E-state index in [0.29, 0.717) is 5.70 Å². The number of rotatable bonds is 4. The van der Waals surface area contributed by atoms with Crippen LogP contribution in [0.3, 0.4) is 0 Å². The Morgan fingerprint density at radius 2 is 2.10 bits per heavy atom. The van der Waals surface area contributed by atoms with Crippen LogP contribution in [0.1, 0.15) is 20.8 Å². The van der Waals surface area contributed by atoms with Gasteiger partial charge in [-0.05, 0) is 20.8 Å². The topological polar surface area (TPSA) is 95.9 Å². The first-order valence-corrected chi connectivity index (χ1v) is 7.32. The minimum atomic E-state index is -0.997. The van der Waals surface area contributed by atoms with Gasteiger partial charge in [-0.3, -0.25) is 4.79 Å². The fraction of sp³-hybridized carbons (Fsp3) is 0.615. The molecule has 0 radical (unpaired) electrons. The Balaban J connectivity index is 2.11. The molecule has 0 aromatic rings. The molecule has 2 aliphatic heterocycles. The fourth-order valence-electron chi connectivity index (χ4n) is 2.67. The fourth-order valence-corrected chi connectivity index (χ4v) is 4.29. The number of thioether (sulfide) groups is 1. The van der Waals surface area contributed by atoms with Crippen LogP contribution in [0.5, 0.6) is 0 Å². The van der Waals surface area contributed by atoms with Gasteiger partial charge < -0.3 is 20.1 Å². The Morgan fingerprint density at radius 3 is 2.62 bits per heavy atom. The number of fused-ring (bicyclic) bond motifs is 1. The van der Waals surface area contributed by atoms with Gasteiger partial charge in [0.1, 0.15) is 17.5 Å². The van der Waals surface area contributed by atoms with Gasteiger partial charge in [0.2, 0.25) is 5.91 Å². The molecule has 7 nitrogen and oxygen atoms in total. The zero-order chi connectivity index (χ0) is 15.9. The highest BCUT2D eigenvalue weighted by Gasteiger charge is 2.63. The molecule has 21 heavy (non-hydrogen) atoms. The number of hydrogen-bond acceptors (Lipinski definition) is 6. The van der Waals surface area contributed by atoms with Gasteiger partial charge in [0.15, 0.2) is 0 Å². The van der Waals surface area contributed by atoms with Crippen LogP contribution in [0.25, 0.3) is 0 Å². The Hall–Kier alpha value is -1.70. The molecule has 2 rings (SSSR count). The van der Waals surface area contributed by atoms with Crippen LogP contribution in [0.15, 0.2) is 11.8 Å². The maximum atomic E-state index is 12.2. The first-order chi connectivity index (χ1) is 9.69. The molecular formula is C13H18N2O5S. The number of hydrogen-bond donors (Lipinski definition) is 2. The van der Waals surface area contributed by atoms with Gasteiger partial charge in [-0.25, -0.2) is 9.59 Å². The second-order valence-corrected chi connectivity index (χ2v) is 7.34. The zero-order valence-electron chi connectivity index (χ0n) is 12.2. The van der Waals surface area contributed by atoms with Crippen LogP contribution >= 0.6 is 11.8 Å². The molecule has 2 fully saturated rings. The summed E-state index contributed by atoms with van der Waals surface area (Å²) in [7, 11) is 1.27. The predicted molar refractivity (Wildman–Crippen MR) is 76.4 cm³/mol. The number of β-lactam (4-membered cyclic amide) rings is 1. The van der Waals surface area contributed by atoms with Crippen molar-refractivity contribution in [3.8, 4) is 0 Å². The summed E-state index contributed by atoms with van der Waals surface area (Å²) in [5, 5.41) is 12.0. The number of carboxylic acids is 1. The minimum absolute atomic E-state index is 0.241. The van der Waals surface area contributed by atoms with E-state index < -0.39 is 28.8 Å². The van der Waals surface area contributed by atoms with Crippen molar-refractivity contribution >= 4 is 29.6 Å². The molecule has 116 valence electrons. The Labute approximate surface area is 126 Å². The van der Waals surface area contributed by atoms with Gasteiger partial charge >= 0.3 is 11.9 Å². The number of amides is 1. The quantitative estimate of drug-likeness (QED) is 0.434. The molecule has 2 heterocycles. The molecule has 0 spiro atoms. The molecule has 2 N–H and O–H groups in total. The van der Waals surface area contributed by atoms with E-state index >= 15 is 0 Å². The van der Waals surface area contributed by atoms with Crippen molar-refractivity contribution in [1.82, 2.24) is 10.2 Å². The van der Waals surface area contributed by atoms with Gasteiger partial charge in [-0.1, -0.05) is 0 Å². The summed E-state index contributed by atoms with van der Waals surface area (Å²) in [5.41, 5.74) is 0.511. The SMILES string of the molecule is COC(=O)/C=C(\C)NC1C(=O)N2[C@@H]1SC(C)(C)[C@@H]2C(=O)O. The third-order valence-electron chi connectivity index (χ3n) is 3.59. The van der Waals surface area contributed by atoms with Gasteiger partial charge in [-0.15, -0.1) is 11.8 Å². The lowest BCUT2D eigenvalue weighted by Gasteiger charge is -2.44. The number of carboxylic acid groups (broad SMARTS) is 1. The smallest absolute Gasteiger partial charge is 0.332 e. The van der Waals surface area contributed by atoms with Crippen molar-refractivity contribution in [3.63, 3.8) is 0 Å². The number of carbonyl (C=O) groups is 3. The lowest BCUT2D eigenvalue weighted by atomic mass is 9.96. The molecule has 0 saturated carbocycles. The number of methoxy groups -OCH3 is 1. The molecule has 1 unspecified atom stereocenters. The van der Waals surface area contributed by atoms with Crippen LogP contribution in [0.2, 0.25) is 0 Å². The van der Waals surface area contributed by atoms with Crippen LogP contribution in [-0.4, -0.2) is 57.2 Å². The average Bonchev–Trinajstić information content (AvgIpc) is 2.64. The van der Waals surface area contributed by atoms with Crippen LogP contribution in [-0.2, 0) is 19.1 Å². The van der Waals surface area contributed by atoms with Gasteiger partial charge in [0.25, 0.3) is 0 Å². The second kappa shape index (κ2) is 5.25. The van der Waals surface area contributed by atoms with Crippen molar-refractivity contribution in [1.29, 1.82) is 0 Å². The molecule has 2 aliphatic rings. The molecule has 8 heteroatoms. The molecule has 0 aromatic carbocycles.